The van der Waals surface area contributed by atoms with Crippen molar-refractivity contribution < 1.29 is 28.2 Å². The van der Waals surface area contributed by atoms with Crippen LogP contribution in [0.25, 0.3) is 0 Å². The van der Waals surface area contributed by atoms with Gasteiger partial charge in [0.25, 0.3) is 0 Å². The van der Waals surface area contributed by atoms with Crippen molar-refractivity contribution in [2.24, 2.45) is 11.8 Å². The standard InChI is InChI=1S/C13H11Cl2NO6S/c14-8-3-9(15)10(2-7(8)12(17)18)23(21,22)16-4-5-1-6(5)11(16)13(19)20/h2-3,5-6,11H,1,4H2,(H,17,18)(H,19,20)/t5-,6-,11-/m0/s1. The van der Waals surface area contributed by atoms with E-state index in [1.54, 1.807) is 0 Å². The molecule has 2 N–H and O–H groups in total. The second-order valence-corrected chi connectivity index (χ2v) is 8.26. The van der Waals surface area contributed by atoms with Gasteiger partial charge in [-0.15, -0.1) is 0 Å². The highest BCUT2D eigenvalue weighted by Gasteiger charge is 2.59. The van der Waals surface area contributed by atoms with Gasteiger partial charge in [-0.05, 0) is 30.4 Å². The number of fused-ring (bicyclic) bond motifs is 1. The Balaban J connectivity index is 2.08. The summed E-state index contributed by atoms with van der Waals surface area (Å²) in [7, 11) is -4.24. The van der Waals surface area contributed by atoms with E-state index in [2.05, 4.69) is 0 Å². The molecular formula is C13H11Cl2NO6S. The lowest BCUT2D eigenvalue weighted by molar-refractivity contribution is -0.141. The van der Waals surface area contributed by atoms with Crippen LogP contribution in [0.2, 0.25) is 10.0 Å². The highest BCUT2D eigenvalue weighted by atomic mass is 35.5. The molecule has 0 aromatic heterocycles. The molecule has 1 aromatic carbocycles. The summed E-state index contributed by atoms with van der Waals surface area (Å²) in [4.78, 5) is 22.1. The number of carboxylic acids is 2. The molecule has 1 heterocycles. The number of nitrogens with zero attached hydrogens (tertiary/aromatic N) is 1. The van der Waals surface area contributed by atoms with Crippen LogP contribution in [0.1, 0.15) is 16.8 Å². The van der Waals surface area contributed by atoms with E-state index in [0.717, 1.165) is 16.4 Å². The summed E-state index contributed by atoms with van der Waals surface area (Å²) in [5.41, 5.74) is -0.411. The largest absolute Gasteiger partial charge is 0.480 e. The van der Waals surface area contributed by atoms with Crippen LogP contribution in [0.15, 0.2) is 17.0 Å². The Bertz CT molecular complexity index is 824. The number of hydrogen-bond acceptors (Lipinski definition) is 4. The molecule has 124 valence electrons. The summed E-state index contributed by atoms with van der Waals surface area (Å²) in [6, 6.07) is 0.752. The minimum absolute atomic E-state index is 0.0240. The molecule has 1 aliphatic carbocycles. The fraction of sp³-hybridized carbons (Fsp3) is 0.385. The minimum atomic E-state index is -4.24. The molecule has 1 aliphatic heterocycles. The molecule has 1 aromatic rings. The van der Waals surface area contributed by atoms with Crippen LogP contribution >= 0.6 is 23.2 Å². The Kier molecular flexibility index (Phi) is 3.83. The molecule has 0 radical (unpaired) electrons. The van der Waals surface area contributed by atoms with Crippen molar-refractivity contribution in [2.45, 2.75) is 17.4 Å². The summed E-state index contributed by atoms with van der Waals surface area (Å²) >= 11 is 11.7. The maximum atomic E-state index is 12.8. The summed E-state index contributed by atoms with van der Waals surface area (Å²) in [5, 5.41) is 17.9. The molecule has 1 saturated heterocycles. The zero-order valence-electron chi connectivity index (χ0n) is 11.4. The van der Waals surface area contributed by atoms with Gasteiger partial charge in [0.15, 0.2) is 0 Å². The molecule has 0 spiro atoms. The second-order valence-electron chi connectivity index (χ2n) is 5.59. The molecule has 1 saturated carbocycles. The van der Waals surface area contributed by atoms with Crippen molar-refractivity contribution in [2.75, 3.05) is 6.54 Å². The first-order valence-electron chi connectivity index (χ1n) is 6.61. The fourth-order valence-corrected chi connectivity index (χ4v) is 5.51. The van der Waals surface area contributed by atoms with E-state index in [4.69, 9.17) is 28.3 Å². The number of sulfonamides is 1. The fourth-order valence-electron chi connectivity index (χ4n) is 3.00. The average molecular weight is 380 g/mol. The predicted octanol–water partition coefficient (Wildman–Crippen LogP) is 1.79. The summed E-state index contributed by atoms with van der Waals surface area (Å²) in [6.07, 6.45) is 0.678. The predicted molar refractivity (Wildman–Crippen MR) is 80.3 cm³/mol. The van der Waals surface area contributed by atoms with Crippen molar-refractivity contribution in [3.63, 3.8) is 0 Å². The molecule has 0 amide bonds. The monoisotopic (exact) mass is 379 g/mol. The normalized spacial score (nSPS) is 26.8. The maximum Gasteiger partial charge on any atom is 0.337 e. The van der Waals surface area contributed by atoms with Gasteiger partial charge < -0.3 is 10.2 Å². The van der Waals surface area contributed by atoms with Crippen molar-refractivity contribution in [1.82, 2.24) is 4.31 Å². The van der Waals surface area contributed by atoms with E-state index < -0.39 is 38.5 Å². The Morgan fingerprint density at radius 2 is 1.83 bits per heavy atom. The van der Waals surface area contributed by atoms with Gasteiger partial charge >= 0.3 is 11.9 Å². The molecule has 0 unspecified atom stereocenters. The van der Waals surface area contributed by atoms with Gasteiger partial charge in [0.1, 0.15) is 10.9 Å². The first-order valence-corrected chi connectivity index (χ1v) is 8.81. The molecule has 3 rings (SSSR count). The van der Waals surface area contributed by atoms with E-state index in [1.807, 2.05) is 0 Å². The van der Waals surface area contributed by atoms with Gasteiger partial charge in [-0.25, -0.2) is 13.2 Å². The van der Waals surface area contributed by atoms with E-state index in [9.17, 15) is 23.1 Å². The van der Waals surface area contributed by atoms with Crippen LogP contribution < -0.4 is 0 Å². The number of piperidine rings is 1. The number of aliphatic carboxylic acids is 1. The summed E-state index contributed by atoms with van der Waals surface area (Å²) in [5.74, 6) is -2.80. The molecule has 10 heteroatoms. The Morgan fingerprint density at radius 3 is 2.39 bits per heavy atom. The lowest BCUT2D eigenvalue weighted by Crippen LogP contribution is -2.43. The maximum absolute atomic E-state index is 12.8. The number of halogens is 2. The first kappa shape index (κ1) is 16.5. The molecule has 0 bridgehead atoms. The topological polar surface area (TPSA) is 112 Å². The van der Waals surface area contributed by atoms with Crippen LogP contribution in [0.5, 0.6) is 0 Å². The van der Waals surface area contributed by atoms with Crippen LogP contribution in [-0.2, 0) is 14.8 Å². The van der Waals surface area contributed by atoms with Crippen LogP contribution in [-0.4, -0.2) is 47.5 Å². The van der Waals surface area contributed by atoms with Gasteiger partial charge in [-0.3, -0.25) is 4.79 Å². The van der Waals surface area contributed by atoms with Crippen molar-refractivity contribution in [1.29, 1.82) is 0 Å². The summed E-state index contributed by atoms with van der Waals surface area (Å²) in [6.45, 7) is 0.0886. The smallest absolute Gasteiger partial charge is 0.337 e. The Hall–Kier alpha value is -1.35. The van der Waals surface area contributed by atoms with Crippen LogP contribution in [0.3, 0.4) is 0 Å². The SMILES string of the molecule is O=C(O)c1cc(S(=O)(=O)N2C[C@@H]3C[C@@H]3[C@H]2C(=O)O)c(Cl)cc1Cl. The van der Waals surface area contributed by atoms with Gasteiger partial charge in [0.2, 0.25) is 10.0 Å². The van der Waals surface area contributed by atoms with E-state index in [-0.39, 0.29) is 28.4 Å². The Morgan fingerprint density at radius 1 is 1.17 bits per heavy atom. The quantitative estimate of drug-likeness (QED) is 0.824. The molecule has 7 nitrogen and oxygen atoms in total. The van der Waals surface area contributed by atoms with Crippen LogP contribution in [0.4, 0.5) is 0 Å². The molecule has 2 aliphatic rings. The molecule has 3 atom stereocenters. The summed E-state index contributed by atoms with van der Waals surface area (Å²) < 4.78 is 26.4. The number of carbonyl (C=O) groups is 2. The highest BCUT2D eigenvalue weighted by Crippen LogP contribution is 2.51. The van der Waals surface area contributed by atoms with E-state index in [0.29, 0.717) is 6.42 Å². The average Bonchev–Trinajstić information content (AvgIpc) is 3.07. The second kappa shape index (κ2) is 5.34. The van der Waals surface area contributed by atoms with Crippen molar-refractivity contribution in [3.8, 4) is 0 Å². The number of rotatable bonds is 4. The van der Waals surface area contributed by atoms with E-state index in [1.165, 1.54) is 0 Å². The lowest BCUT2D eigenvalue weighted by atomic mass is 10.2. The number of carboxylic acid groups (broad SMARTS) is 2. The Labute approximate surface area is 141 Å². The number of aromatic carboxylic acids is 1. The number of hydrogen-bond donors (Lipinski definition) is 2. The lowest BCUT2D eigenvalue weighted by Gasteiger charge is -2.24. The minimum Gasteiger partial charge on any atom is -0.480 e. The van der Waals surface area contributed by atoms with Gasteiger partial charge in [-0.1, -0.05) is 23.2 Å². The third-order valence-electron chi connectivity index (χ3n) is 4.20. The van der Waals surface area contributed by atoms with Crippen LogP contribution in [0, 0.1) is 11.8 Å². The number of benzene rings is 1. The third kappa shape index (κ3) is 2.59. The first-order chi connectivity index (χ1) is 10.6. The highest BCUT2D eigenvalue weighted by molar-refractivity contribution is 7.89. The van der Waals surface area contributed by atoms with Gasteiger partial charge in [0, 0.05) is 6.54 Å². The zero-order valence-corrected chi connectivity index (χ0v) is 13.8. The molecule has 23 heavy (non-hydrogen) atoms. The van der Waals surface area contributed by atoms with Crippen molar-refractivity contribution in [3.05, 3.63) is 27.7 Å². The molecular weight excluding hydrogens is 369 g/mol. The third-order valence-corrected chi connectivity index (χ3v) is 6.82. The van der Waals surface area contributed by atoms with Gasteiger partial charge in [0.05, 0.1) is 15.6 Å². The van der Waals surface area contributed by atoms with Gasteiger partial charge in [-0.2, -0.15) is 4.31 Å². The van der Waals surface area contributed by atoms with Crippen molar-refractivity contribution >= 4 is 45.2 Å². The zero-order chi connectivity index (χ0) is 17.1. The van der Waals surface area contributed by atoms with E-state index >= 15 is 0 Å². The molecule has 2 fully saturated rings.